The van der Waals surface area contributed by atoms with E-state index in [1.807, 2.05) is 0 Å². The van der Waals surface area contributed by atoms with Crippen molar-refractivity contribution in [2.24, 2.45) is 0 Å². The summed E-state index contributed by atoms with van der Waals surface area (Å²) in [5.41, 5.74) is 6.74. The van der Waals surface area contributed by atoms with Gasteiger partial charge in [-0.2, -0.15) is 0 Å². The Morgan fingerprint density at radius 3 is 2.67 bits per heavy atom. The molecular weight excluding hydrogens is 226 g/mol. The first kappa shape index (κ1) is 6.86. The highest BCUT2D eigenvalue weighted by Crippen LogP contribution is 2.07. The van der Waals surface area contributed by atoms with Gasteiger partial charge in [0.05, 0.1) is 11.9 Å². The van der Waals surface area contributed by atoms with E-state index in [9.17, 15) is 0 Å². The SMILES string of the molecule is [B]c1cncc(N)c1I. The lowest BCUT2D eigenvalue weighted by atomic mass is 9.99. The molecule has 1 aromatic heterocycles. The van der Waals surface area contributed by atoms with Gasteiger partial charge in [-0.15, -0.1) is 0 Å². The van der Waals surface area contributed by atoms with Crippen molar-refractivity contribution in [3.05, 3.63) is 16.0 Å². The second-order valence-corrected chi connectivity index (χ2v) is 2.71. The van der Waals surface area contributed by atoms with Crippen molar-refractivity contribution in [1.29, 1.82) is 0 Å². The first-order chi connectivity index (χ1) is 4.22. The van der Waals surface area contributed by atoms with Crippen LogP contribution in [0.2, 0.25) is 0 Å². The number of halogens is 1. The molecule has 0 aromatic carbocycles. The molecule has 44 valence electrons. The van der Waals surface area contributed by atoms with Crippen molar-refractivity contribution in [2.45, 2.75) is 0 Å². The maximum absolute atomic E-state index is 5.47. The number of nitrogens with two attached hydrogens (primary N) is 1. The largest absolute Gasteiger partial charge is 0.397 e. The number of nitrogens with zero attached hydrogens (tertiary/aromatic N) is 1. The number of anilines is 1. The predicted molar refractivity (Wildman–Crippen MR) is 46.8 cm³/mol. The fourth-order valence-corrected chi connectivity index (χ4v) is 0.756. The molecular formula is C5H4BIN2. The molecule has 0 spiro atoms. The molecule has 9 heavy (non-hydrogen) atoms. The van der Waals surface area contributed by atoms with Crippen LogP contribution in [0.1, 0.15) is 0 Å². The molecule has 2 radical (unpaired) electrons. The monoisotopic (exact) mass is 230 g/mol. The lowest BCUT2D eigenvalue weighted by Crippen LogP contribution is -2.10. The molecule has 4 heteroatoms. The standard InChI is InChI=1S/C5H4BIN2/c6-3-1-9-2-4(8)5(3)7/h1-2H,8H2. The van der Waals surface area contributed by atoms with E-state index in [0.717, 1.165) is 3.57 Å². The molecule has 2 nitrogen and oxygen atoms in total. The van der Waals surface area contributed by atoms with E-state index >= 15 is 0 Å². The quantitative estimate of drug-likeness (QED) is 0.505. The summed E-state index contributed by atoms with van der Waals surface area (Å²) in [6, 6.07) is 0. The second-order valence-electron chi connectivity index (χ2n) is 1.63. The first-order valence-electron chi connectivity index (χ1n) is 2.36. The summed E-state index contributed by atoms with van der Waals surface area (Å²) in [4.78, 5) is 3.79. The average molecular weight is 230 g/mol. The molecule has 0 unspecified atom stereocenters. The van der Waals surface area contributed by atoms with Gasteiger partial charge >= 0.3 is 0 Å². The van der Waals surface area contributed by atoms with Gasteiger partial charge in [-0.1, -0.05) is 5.46 Å². The molecule has 1 heterocycles. The Kier molecular flexibility index (Phi) is 1.95. The third-order valence-electron chi connectivity index (χ3n) is 0.934. The number of pyridine rings is 1. The third-order valence-corrected chi connectivity index (χ3v) is 2.18. The molecule has 0 aliphatic rings. The van der Waals surface area contributed by atoms with Crippen LogP contribution in [-0.4, -0.2) is 12.8 Å². The summed E-state index contributed by atoms with van der Waals surface area (Å²) >= 11 is 2.08. The molecule has 0 atom stereocenters. The molecule has 0 saturated heterocycles. The van der Waals surface area contributed by atoms with E-state index in [-0.39, 0.29) is 0 Å². The lowest BCUT2D eigenvalue weighted by Gasteiger charge is -1.98. The summed E-state index contributed by atoms with van der Waals surface area (Å²) in [6.45, 7) is 0. The third kappa shape index (κ3) is 1.35. The predicted octanol–water partition coefficient (Wildman–Crippen LogP) is 0.0622. The number of hydrogen-bond donors (Lipinski definition) is 1. The highest BCUT2D eigenvalue weighted by molar-refractivity contribution is 14.1. The molecule has 0 bridgehead atoms. The van der Waals surface area contributed by atoms with Gasteiger partial charge in [0.15, 0.2) is 0 Å². The highest BCUT2D eigenvalue weighted by atomic mass is 127. The Morgan fingerprint density at radius 2 is 2.22 bits per heavy atom. The van der Waals surface area contributed by atoms with Crippen LogP contribution in [0.15, 0.2) is 12.4 Å². The molecule has 1 rings (SSSR count). The number of rotatable bonds is 0. The minimum Gasteiger partial charge on any atom is -0.397 e. The van der Waals surface area contributed by atoms with Gasteiger partial charge in [0.1, 0.15) is 7.85 Å². The summed E-state index contributed by atoms with van der Waals surface area (Å²) in [6.07, 6.45) is 3.16. The van der Waals surface area contributed by atoms with Crippen molar-refractivity contribution in [2.75, 3.05) is 5.73 Å². The molecule has 1 aromatic rings. The molecule has 0 aliphatic carbocycles. The van der Waals surface area contributed by atoms with Crippen LogP contribution in [0.3, 0.4) is 0 Å². The second kappa shape index (κ2) is 2.55. The Hall–Kier alpha value is -0.255. The van der Waals surface area contributed by atoms with Crippen LogP contribution < -0.4 is 11.2 Å². The maximum atomic E-state index is 5.47. The normalized spacial score (nSPS) is 9.44. The van der Waals surface area contributed by atoms with Crippen LogP contribution in [0.4, 0.5) is 5.69 Å². The van der Waals surface area contributed by atoms with Crippen LogP contribution in [0.5, 0.6) is 0 Å². The minimum atomic E-state index is 0.635. The highest BCUT2D eigenvalue weighted by Gasteiger charge is 1.95. The van der Waals surface area contributed by atoms with Gasteiger partial charge < -0.3 is 5.73 Å². The molecule has 0 aliphatic heterocycles. The number of nitrogen functional groups attached to an aromatic ring is 1. The topological polar surface area (TPSA) is 38.9 Å². The number of aromatic nitrogens is 1. The van der Waals surface area contributed by atoms with Crippen molar-refractivity contribution >= 4 is 41.6 Å². The van der Waals surface area contributed by atoms with Gasteiger partial charge in [0.25, 0.3) is 0 Å². The number of hydrogen-bond acceptors (Lipinski definition) is 2. The Labute approximate surface area is 68.4 Å². The van der Waals surface area contributed by atoms with Crippen LogP contribution in [0, 0.1) is 3.57 Å². The summed E-state index contributed by atoms with van der Waals surface area (Å²) < 4.78 is 0.877. The molecule has 0 fully saturated rings. The van der Waals surface area contributed by atoms with Gasteiger partial charge in [-0.3, -0.25) is 4.98 Å². The minimum absolute atomic E-state index is 0.635. The van der Waals surface area contributed by atoms with Gasteiger partial charge in [-0.25, -0.2) is 0 Å². The fourth-order valence-electron chi connectivity index (χ4n) is 0.478. The van der Waals surface area contributed by atoms with Crippen LogP contribution in [0.25, 0.3) is 0 Å². The Balaban J connectivity index is 3.25. The Morgan fingerprint density at radius 1 is 1.56 bits per heavy atom. The van der Waals surface area contributed by atoms with E-state index in [4.69, 9.17) is 13.6 Å². The first-order valence-corrected chi connectivity index (χ1v) is 3.44. The molecule has 2 N–H and O–H groups in total. The van der Waals surface area contributed by atoms with Crippen LogP contribution >= 0.6 is 22.6 Å². The van der Waals surface area contributed by atoms with Crippen LogP contribution in [-0.2, 0) is 0 Å². The van der Waals surface area contributed by atoms with Crippen molar-refractivity contribution in [1.82, 2.24) is 4.98 Å². The summed E-state index contributed by atoms with van der Waals surface area (Å²) in [7, 11) is 5.47. The lowest BCUT2D eigenvalue weighted by molar-refractivity contribution is 1.34. The smallest absolute Gasteiger partial charge is 0.117 e. The Bertz CT molecular complexity index is 206. The van der Waals surface area contributed by atoms with Gasteiger partial charge in [0.2, 0.25) is 0 Å². The zero-order chi connectivity index (χ0) is 6.85. The average Bonchev–Trinajstić information content (AvgIpc) is 1.83. The van der Waals surface area contributed by atoms with Crippen molar-refractivity contribution in [3.63, 3.8) is 0 Å². The summed E-state index contributed by atoms with van der Waals surface area (Å²) in [5, 5.41) is 0. The van der Waals surface area contributed by atoms with Crippen molar-refractivity contribution in [3.8, 4) is 0 Å². The van der Waals surface area contributed by atoms with Gasteiger partial charge in [-0.05, 0) is 22.6 Å². The van der Waals surface area contributed by atoms with Crippen molar-refractivity contribution < 1.29 is 0 Å². The fraction of sp³-hybridized carbons (Fsp3) is 0. The maximum Gasteiger partial charge on any atom is 0.117 e. The van der Waals surface area contributed by atoms with E-state index in [1.54, 1.807) is 12.4 Å². The summed E-state index contributed by atoms with van der Waals surface area (Å²) in [5.74, 6) is 0. The molecule has 0 amide bonds. The van der Waals surface area contributed by atoms with Gasteiger partial charge in [0, 0.05) is 9.77 Å². The van der Waals surface area contributed by atoms with E-state index < -0.39 is 0 Å². The van der Waals surface area contributed by atoms with E-state index in [2.05, 4.69) is 27.6 Å². The molecule has 0 saturated carbocycles. The van der Waals surface area contributed by atoms with E-state index in [1.165, 1.54) is 0 Å². The van der Waals surface area contributed by atoms with E-state index in [0.29, 0.717) is 11.2 Å². The zero-order valence-corrected chi connectivity index (χ0v) is 6.79. The zero-order valence-electron chi connectivity index (χ0n) is 4.63.